The third-order valence-corrected chi connectivity index (χ3v) is 5.55. The van der Waals surface area contributed by atoms with Gasteiger partial charge in [-0.3, -0.25) is 9.58 Å². The van der Waals surface area contributed by atoms with Crippen LogP contribution in [0.5, 0.6) is 0 Å². The summed E-state index contributed by atoms with van der Waals surface area (Å²) in [4.78, 5) is 22.8. The van der Waals surface area contributed by atoms with Crippen molar-refractivity contribution in [3.63, 3.8) is 0 Å². The summed E-state index contributed by atoms with van der Waals surface area (Å²) in [5.41, 5.74) is 3.23. The fourth-order valence-electron chi connectivity index (χ4n) is 3.82. The molecule has 1 unspecified atom stereocenters. The fraction of sp³-hybridized carbons (Fsp3) is 0.391. The number of rotatable bonds is 7. The Morgan fingerprint density at radius 2 is 1.97 bits per heavy atom. The summed E-state index contributed by atoms with van der Waals surface area (Å²) in [6, 6.07) is 11.9. The van der Waals surface area contributed by atoms with Crippen molar-refractivity contribution in [2.45, 2.75) is 46.3 Å². The van der Waals surface area contributed by atoms with Gasteiger partial charge in [-0.1, -0.05) is 44.2 Å². The summed E-state index contributed by atoms with van der Waals surface area (Å²) < 4.78 is 7.19. The highest BCUT2D eigenvalue weighted by atomic mass is 16.6. The molecule has 1 fully saturated rings. The van der Waals surface area contributed by atoms with Crippen LogP contribution in [0, 0.1) is 12.8 Å². The molecule has 0 radical (unpaired) electrons. The largest absolute Gasteiger partial charge is 0.447 e. The zero-order chi connectivity index (χ0) is 22.0. The molecule has 1 aromatic carbocycles. The van der Waals surface area contributed by atoms with Crippen LogP contribution in [0.1, 0.15) is 43.6 Å². The highest BCUT2D eigenvalue weighted by Gasteiger charge is 2.37. The number of hydrogen-bond donors (Lipinski definition) is 1. The van der Waals surface area contributed by atoms with E-state index in [2.05, 4.69) is 52.6 Å². The minimum Gasteiger partial charge on any atom is -0.447 e. The molecule has 0 bridgehead atoms. The van der Waals surface area contributed by atoms with Crippen molar-refractivity contribution in [3.05, 3.63) is 65.6 Å². The number of ether oxygens (including phenoxy) is 1. The molecule has 1 N–H and O–H groups in total. The second kappa shape index (κ2) is 8.75. The average Bonchev–Trinajstić information content (AvgIpc) is 3.31. The van der Waals surface area contributed by atoms with E-state index in [1.54, 1.807) is 17.2 Å². The van der Waals surface area contributed by atoms with Gasteiger partial charge in [0.25, 0.3) is 0 Å². The highest BCUT2D eigenvalue weighted by molar-refractivity contribution is 5.89. The van der Waals surface area contributed by atoms with Gasteiger partial charge < -0.3 is 10.1 Å². The molecule has 1 saturated heterocycles. The summed E-state index contributed by atoms with van der Waals surface area (Å²) in [5, 5.41) is 8.00. The Kier molecular flexibility index (Phi) is 5.88. The molecular weight excluding hydrogens is 392 g/mol. The van der Waals surface area contributed by atoms with E-state index in [9.17, 15) is 4.79 Å². The van der Waals surface area contributed by atoms with Gasteiger partial charge in [0.2, 0.25) is 5.95 Å². The zero-order valence-electron chi connectivity index (χ0n) is 18.3. The Morgan fingerprint density at radius 1 is 1.19 bits per heavy atom. The first-order valence-corrected chi connectivity index (χ1v) is 10.6. The maximum Gasteiger partial charge on any atom is 0.415 e. The number of cyclic esters (lactones) is 1. The third kappa shape index (κ3) is 4.52. The normalized spacial score (nSPS) is 17.1. The van der Waals surface area contributed by atoms with E-state index >= 15 is 0 Å². The average molecular weight is 421 g/mol. The molecule has 1 aliphatic heterocycles. The molecule has 3 heterocycles. The molecule has 1 aliphatic rings. The van der Waals surface area contributed by atoms with Crippen LogP contribution in [0.25, 0.3) is 0 Å². The lowest BCUT2D eigenvalue weighted by Gasteiger charge is -2.23. The van der Waals surface area contributed by atoms with E-state index in [1.165, 1.54) is 5.56 Å². The van der Waals surface area contributed by atoms with Crippen LogP contribution in [0.15, 0.2) is 48.8 Å². The van der Waals surface area contributed by atoms with E-state index in [-0.39, 0.29) is 24.1 Å². The van der Waals surface area contributed by atoms with Crippen molar-refractivity contribution in [1.82, 2.24) is 19.7 Å². The molecule has 4 rings (SSSR count). The van der Waals surface area contributed by atoms with Crippen LogP contribution >= 0.6 is 0 Å². The summed E-state index contributed by atoms with van der Waals surface area (Å²) in [5.74, 6) is 1.26. The van der Waals surface area contributed by atoms with Gasteiger partial charge in [-0.25, -0.2) is 9.78 Å². The molecule has 2 atom stereocenters. The zero-order valence-corrected chi connectivity index (χ0v) is 18.3. The molecule has 1 amide bonds. The Balaban J connectivity index is 1.50. The van der Waals surface area contributed by atoms with E-state index in [1.807, 2.05) is 36.7 Å². The molecular formula is C23H28N6O2. The second-order valence-electron chi connectivity index (χ2n) is 8.22. The van der Waals surface area contributed by atoms with Crippen molar-refractivity contribution in [2.75, 3.05) is 16.8 Å². The topological polar surface area (TPSA) is 85.2 Å². The van der Waals surface area contributed by atoms with Gasteiger partial charge in [-0.15, -0.1) is 0 Å². The number of nitrogens with one attached hydrogen (secondary N) is 1. The number of amides is 1. The van der Waals surface area contributed by atoms with Crippen LogP contribution in [0.3, 0.4) is 0 Å². The first-order chi connectivity index (χ1) is 14.9. The van der Waals surface area contributed by atoms with Gasteiger partial charge in [0.1, 0.15) is 12.4 Å². The lowest BCUT2D eigenvalue weighted by molar-refractivity contribution is 0.177. The summed E-state index contributed by atoms with van der Waals surface area (Å²) in [6.45, 7) is 9.27. The molecule has 0 aliphatic carbocycles. The van der Waals surface area contributed by atoms with E-state index in [4.69, 9.17) is 4.74 Å². The molecule has 8 nitrogen and oxygen atoms in total. The maximum atomic E-state index is 12.3. The first kappa shape index (κ1) is 20.8. The van der Waals surface area contributed by atoms with Gasteiger partial charge in [0.05, 0.1) is 24.3 Å². The predicted octanol–water partition coefficient (Wildman–Crippen LogP) is 4.18. The lowest BCUT2D eigenvalue weighted by Crippen LogP contribution is -2.37. The molecule has 2 aromatic heterocycles. The Labute approximate surface area is 182 Å². The Bertz CT molecular complexity index is 1050. The number of aryl methyl sites for hydroxylation is 1. The van der Waals surface area contributed by atoms with Crippen molar-refractivity contribution in [2.24, 2.45) is 5.92 Å². The number of anilines is 2. The van der Waals surface area contributed by atoms with Gasteiger partial charge >= 0.3 is 6.09 Å². The second-order valence-corrected chi connectivity index (χ2v) is 8.22. The quantitative estimate of drug-likeness (QED) is 0.617. The number of carbonyl (C=O) groups is 1. The monoisotopic (exact) mass is 420 g/mol. The summed E-state index contributed by atoms with van der Waals surface area (Å²) >= 11 is 0. The van der Waals surface area contributed by atoms with Crippen molar-refractivity contribution >= 4 is 17.9 Å². The van der Waals surface area contributed by atoms with Gasteiger partial charge in [-0.2, -0.15) is 10.1 Å². The summed E-state index contributed by atoms with van der Waals surface area (Å²) in [7, 11) is 0. The van der Waals surface area contributed by atoms with Gasteiger partial charge in [-0.05, 0) is 31.4 Å². The minimum atomic E-state index is -0.366. The summed E-state index contributed by atoms with van der Waals surface area (Å²) in [6.07, 6.45) is 3.34. The van der Waals surface area contributed by atoms with E-state index in [0.29, 0.717) is 24.9 Å². The van der Waals surface area contributed by atoms with Crippen LogP contribution < -0.4 is 10.2 Å². The van der Waals surface area contributed by atoms with Crippen LogP contribution in [0.2, 0.25) is 0 Å². The fourth-order valence-corrected chi connectivity index (χ4v) is 3.82. The van der Waals surface area contributed by atoms with Crippen LogP contribution in [-0.4, -0.2) is 38.5 Å². The Hall–Kier alpha value is -3.42. The first-order valence-electron chi connectivity index (χ1n) is 10.6. The smallest absolute Gasteiger partial charge is 0.415 e. The number of benzene rings is 1. The number of hydrogen-bond acceptors (Lipinski definition) is 6. The van der Waals surface area contributed by atoms with E-state index in [0.717, 1.165) is 11.3 Å². The molecule has 162 valence electrons. The van der Waals surface area contributed by atoms with Gasteiger partial charge in [0.15, 0.2) is 0 Å². The minimum absolute atomic E-state index is 0.0360. The number of carbonyl (C=O) groups excluding carboxylic acids is 1. The van der Waals surface area contributed by atoms with Gasteiger partial charge in [0, 0.05) is 18.0 Å². The lowest BCUT2D eigenvalue weighted by atomic mass is 10.0. The Morgan fingerprint density at radius 3 is 2.71 bits per heavy atom. The number of nitrogens with zero attached hydrogens (tertiary/aromatic N) is 5. The van der Waals surface area contributed by atoms with Crippen molar-refractivity contribution < 1.29 is 9.53 Å². The highest BCUT2D eigenvalue weighted by Crippen LogP contribution is 2.27. The SMILES string of the molecule is Cc1nn(Cc2ccccc2)cc1[C@H](C)Nc1nccc(N2C(=O)OCC2C(C)C)n1. The standard InChI is InChI=1S/C23H28N6O2/c1-15(2)20-14-31-23(30)29(20)21-10-11-24-22(26-21)25-16(3)19-13-28(27-17(19)4)12-18-8-6-5-7-9-18/h5-11,13,15-16,20H,12,14H2,1-4H3,(H,24,25,26)/t16-,20?/m0/s1. The molecule has 0 spiro atoms. The maximum absolute atomic E-state index is 12.3. The molecule has 31 heavy (non-hydrogen) atoms. The number of aromatic nitrogens is 4. The van der Waals surface area contributed by atoms with Crippen LogP contribution in [0.4, 0.5) is 16.6 Å². The molecule has 3 aromatic rings. The molecule has 0 saturated carbocycles. The van der Waals surface area contributed by atoms with Crippen molar-refractivity contribution in [3.8, 4) is 0 Å². The molecule has 8 heteroatoms. The van der Waals surface area contributed by atoms with Crippen molar-refractivity contribution in [1.29, 1.82) is 0 Å². The predicted molar refractivity (Wildman–Crippen MR) is 119 cm³/mol. The third-order valence-electron chi connectivity index (χ3n) is 5.55. The van der Waals surface area contributed by atoms with E-state index < -0.39 is 0 Å². The van der Waals surface area contributed by atoms with Crippen LogP contribution in [-0.2, 0) is 11.3 Å².